The summed E-state index contributed by atoms with van der Waals surface area (Å²) in [5, 5.41) is 7.54. The molecule has 1 heterocycles. The predicted molar refractivity (Wildman–Crippen MR) is 76.9 cm³/mol. The zero-order valence-electron chi connectivity index (χ0n) is 11.8. The lowest BCUT2D eigenvalue weighted by molar-refractivity contribution is 0.257. The molecule has 0 amide bonds. The molecule has 0 bridgehead atoms. The fraction of sp³-hybridized carbons (Fsp3) is 0.385. The first-order chi connectivity index (χ1) is 9.77. The Labute approximate surface area is 127 Å². The average molecular weight is 331 g/mol. The van der Waals surface area contributed by atoms with Gasteiger partial charge in [-0.2, -0.15) is 0 Å². The Hall–Kier alpha value is -1.60. The molecule has 6 nitrogen and oxygen atoms in total. The molecule has 21 heavy (non-hydrogen) atoms. The van der Waals surface area contributed by atoms with Gasteiger partial charge >= 0.3 is 0 Å². The van der Waals surface area contributed by atoms with E-state index in [1.54, 1.807) is 13.0 Å². The zero-order valence-corrected chi connectivity index (χ0v) is 13.4. The minimum atomic E-state index is -3.76. The molecule has 0 unspecified atom stereocenters. The van der Waals surface area contributed by atoms with Gasteiger partial charge in [0.1, 0.15) is 5.75 Å². The molecule has 0 radical (unpaired) electrons. The topological polar surface area (TPSA) is 82.3 Å². The van der Waals surface area contributed by atoms with Gasteiger partial charge in [0.25, 0.3) is 14.9 Å². The maximum absolute atomic E-state index is 11.4. The minimum Gasteiger partial charge on any atom is -0.484 e. The van der Waals surface area contributed by atoms with Crippen LogP contribution >= 0.6 is 10.7 Å². The second-order valence-corrected chi connectivity index (χ2v) is 7.36. The van der Waals surface area contributed by atoms with Crippen molar-refractivity contribution in [3.63, 3.8) is 0 Å². The van der Waals surface area contributed by atoms with Crippen molar-refractivity contribution in [2.45, 2.75) is 38.2 Å². The number of ether oxygens (including phenoxy) is 1. The summed E-state index contributed by atoms with van der Waals surface area (Å²) >= 11 is 0. The lowest BCUT2D eigenvalue weighted by Gasteiger charge is -2.14. The van der Waals surface area contributed by atoms with E-state index in [0.29, 0.717) is 17.5 Å². The van der Waals surface area contributed by atoms with E-state index < -0.39 is 9.05 Å². The third-order valence-electron chi connectivity index (χ3n) is 2.80. The molecular formula is C13H15ClN2O4S. The number of benzene rings is 1. The first-order valence-electron chi connectivity index (χ1n) is 6.27. The molecule has 0 fully saturated rings. The molecule has 0 spiro atoms. The van der Waals surface area contributed by atoms with Gasteiger partial charge in [-0.15, -0.1) is 10.2 Å². The number of hydrogen-bond acceptors (Lipinski definition) is 6. The lowest BCUT2D eigenvalue weighted by atomic mass is 10.0. The molecule has 2 aromatic rings. The molecule has 0 aliphatic carbocycles. The van der Waals surface area contributed by atoms with Crippen molar-refractivity contribution in [2.24, 2.45) is 0 Å². The second-order valence-electron chi connectivity index (χ2n) is 4.80. The van der Waals surface area contributed by atoms with Crippen molar-refractivity contribution in [1.82, 2.24) is 10.2 Å². The molecule has 114 valence electrons. The predicted octanol–water partition coefficient (Wildman–Crippen LogP) is 3.01. The number of nitrogens with zero attached hydrogens (tertiary/aromatic N) is 2. The fourth-order valence-electron chi connectivity index (χ4n) is 1.80. The SMILES string of the molecule is Cc1nnc(COc2ccc(S(=O)(=O)Cl)cc2C(C)C)o1. The summed E-state index contributed by atoms with van der Waals surface area (Å²) in [4.78, 5) is 0.0499. The van der Waals surface area contributed by atoms with Crippen molar-refractivity contribution in [1.29, 1.82) is 0 Å². The first-order valence-corrected chi connectivity index (χ1v) is 8.58. The summed E-state index contributed by atoms with van der Waals surface area (Å²) in [5.41, 5.74) is 0.743. The maximum Gasteiger partial charge on any atom is 0.261 e. The highest BCUT2D eigenvalue weighted by Crippen LogP contribution is 2.30. The number of hydrogen-bond donors (Lipinski definition) is 0. The fourth-order valence-corrected chi connectivity index (χ4v) is 2.58. The van der Waals surface area contributed by atoms with Gasteiger partial charge < -0.3 is 9.15 Å². The van der Waals surface area contributed by atoms with Crippen LogP contribution in [-0.2, 0) is 15.7 Å². The Morgan fingerprint density at radius 1 is 1.33 bits per heavy atom. The van der Waals surface area contributed by atoms with E-state index in [2.05, 4.69) is 10.2 Å². The third-order valence-corrected chi connectivity index (χ3v) is 4.16. The maximum atomic E-state index is 11.4. The van der Waals surface area contributed by atoms with Gasteiger partial charge in [0.2, 0.25) is 5.89 Å². The summed E-state index contributed by atoms with van der Waals surface area (Å²) in [6.45, 7) is 5.68. The molecule has 0 atom stereocenters. The standard InChI is InChI=1S/C13H15ClN2O4S/c1-8(2)11-6-10(21(14,17)18)4-5-12(11)19-7-13-16-15-9(3)20-13/h4-6,8H,7H2,1-3H3. The van der Waals surface area contributed by atoms with Crippen molar-refractivity contribution in [3.8, 4) is 5.75 Å². The summed E-state index contributed by atoms with van der Waals surface area (Å²) in [6.07, 6.45) is 0. The van der Waals surface area contributed by atoms with Gasteiger partial charge in [-0.1, -0.05) is 13.8 Å². The van der Waals surface area contributed by atoms with Crippen LogP contribution in [0.2, 0.25) is 0 Å². The van der Waals surface area contributed by atoms with E-state index in [1.165, 1.54) is 12.1 Å². The van der Waals surface area contributed by atoms with Crippen LogP contribution in [0.15, 0.2) is 27.5 Å². The highest BCUT2D eigenvalue weighted by molar-refractivity contribution is 8.13. The molecule has 0 saturated carbocycles. The molecule has 2 rings (SSSR count). The van der Waals surface area contributed by atoms with E-state index in [0.717, 1.165) is 5.56 Å². The molecular weight excluding hydrogens is 316 g/mol. The summed E-state index contributed by atoms with van der Waals surface area (Å²) in [7, 11) is 1.60. The molecule has 0 N–H and O–H groups in total. The van der Waals surface area contributed by atoms with Gasteiger partial charge in [-0.3, -0.25) is 0 Å². The third kappa shape index (κ3) is 3.95. The van der Waals surface area contributed by atoms with Crippen LogP contribution in [-0.4, -0.2) is 18.6 Å². The molecule has 1 aromatic heterocycles. The zero-order chi connectivity index (χ0) is 15.6. The van der Waals surface area contributed by atoms with Crippen molar-refractivity contribution in [2.75, 3.05) is 0 Å². The second kappa shape index (κ2) is 6.03. The Morgan fingerprint density at radius 2 is 2.05 bits per heavy atom. The monoisotopic (exact) mass is 330 g/mol. The molecule has 0 aliphatic heterocycles. The van der Waals surface area contributed by atoms with Gasteiger partial charge in [0.05, 0.1) is 4.90 Å². The smallest absolute Gasteiger partial charge is 0.261 e. The van der Waals surface area contributed by atoms with E-state index in [-0.39, 0.29) is 17.4 Å². The first kappa shape index (κ1) is 15.8. The van der Waals surface area contributed by atoms with Crippen molar-refractivity contribution >= 4 is 19.7 Å². The summed E-state index contributed by atoms with van der Waals surface area (Å²) in [5.74, 6) is 1.45. The van der Waals surface area contributed by atoms with Crippen LogP contribution in [0.25, 0.3) is 0 Å². The van der Waals surface area contributed by atoms with Crippen LogP contribution in [0.4, 0.5) is 0 Å². The molecule has 0 saturated heterocycles. The summed E-state index contributed by atoms with van der Waals surface area (Å²) < 4.78 is 33.6. The number of aryl methyl sites for hydroxylation is 1. The van der Waals surface area contributed by atoms with Crippen molar-refractivity contribution < 1.29 is 17.6 Å². The van der Waals surface area contributed by atoms with E-state index in [4.69, 9.17) is 19.8 Å². The van der Waals surface area contributed by atoms with Crippen LogP contribution in [0.3, 0.4) is 0 Å². The van der Waals surface area contributed by atoms with Gasteiger partial charge in [-0.05, 0) is 29.7 Å². The van der Waals surface area contributed by atoms with Gasteiger partial charge in [0, 0.05) is 17.6 Å². The average Bonchev–Trinajstić information content (AvgIpc) is 2.80. The Balaban J connectivity index is 2.26. The van der Waals surface area contributed by atoms with E-state index in [9.17, 15) is 8.42 Å². The Bertz CT molecular complexity index is 740. The van der Waals surface area contributed by atoms with Crippen molar-refractivity contribution in [3.05, 3.63) is 35.5 Å². The molecule has 8 heteroatoms. The van der Waals surface area contributed by atoms with Crippen LogP contribution in [0.1, 0.15) is 37.1 Å². The molecule has 1 aromatic carbocycles. The van der Waals surface area contributed by atoms with Gasteiger partial charge in [-0.25, -0.2) is 8.42 Å². The molecule has 0 aliphatic rings. The number of halogens is 1. The normalized spacial score (nSPS) is 11.9. The lowest BCUT2D eigenvalue weighted by Crippen LogP contribution is -2.02. The van der Waals surface area contributed by atoms with Crippen LogP contribution < -0.4 is 4.74 Å². The largest absolute Gasteiger partial charge is 0.484 e. The number of aromatic nitrogens is 2. The Morgan fingerprint density at radius 3 is 2.57 bits per heavy atom. The highest BCUT2D eigenvalue weighted by Gasteiger charge is 2.16. The minimum absolute atomic E-state index is 0.0499. The van der Waals surface area contributed by atoms with Crippen LogP contribution in [0, 0.1) is 6.92 Å². The van der Waals surface area contributed by atoms with Gasteiger partial charge in [0.15, 0.2) is 6.61 Å². The van der Waals surface area contributed by atoms with E-state index in [1.807, 2.05) is 13.8 Å². The Kier molecular flexibility index (Phi) is 4.53. The van der Waals surface area contributed by atoms with Crippen LogP contribution in [0.5, 0.6) is 5.75 Å². The summed E-state index contributed by atoms with van der Waals surface area (Å²) in [6, 6.07) is 4.50. The number of rotatable bonds is 5. The quantitative estimate of drug-likeness (QED) is 0.784. The highest BCUT2D eigenvalue weighted by atomic mass is 35.7. The van der Waals surface area contributed by atoms with E-state index >= 15 is 0 Å².